The number of ether oxygens (including phenoxy) is 13. The van der Waals surface area contributed by atoms with Gasteiger partial charge in [0.15, 0.2) is 53.8 Å². The summed E-state index contributed by atoms with van der Waals surface area (Å²) < 4.78 is 161. The Hall–Kier alpha value is -13.1. The number of amides is 2. The summed E-state index contributed by atoms with van der Waals surface area (Å²) in [6.07, 6.45) is -17.8. The standard InChI is InChI=1S/C98H94Cl2N10O30P2/c1-57(111)32-45-78(113)127-52-74-83(86(134-79-30-16-18-50-125-79)94(132-74)107-48-46-76(105-96(107)118)104-90(115)58-33-39-62(122-2)40-34-58)139-142(121,138-72-29-15-11-25-68(72)100)129-54-75-84(87(135-80-31-17-19-51-126-80)95(133-75)108-49-47-77(112)110(97(108)119)92(117)60-37-43-64(124-4)44-38-60)140-141(120,137-71-28-14-10-24-67(71)99)128-53-73-82(114)85(136-98(61-20-6-5-7-21-61)65-22-8-12-26-69(65)130-70-27-13-9-23-66(70)98)93(131-73)109-56-103-81-88(101-55-102-89(81)109)106-91(116)59-35-41-63(123-3)42-36-59/h5-15,20-29,33-44,46-49,55-56,73-75,79-80,82-87,93-95,114H,16-19,30-32,45,50-54H2,1-4H3,(H,101,102,106,116)(H,104,105,115,118)/t73-,74-,75-,79?,80?,82-,83-,84-,85-,86-,87-,93-,94-,95-,141?,142?/m1/s1. The van der Waals surface area contributed by atoms with E-state index >= 15 is 13.9 Å². The van der Waals surface area contributed by atoms with Crippen molar-refractivity contribution in [2.24, 2.45) is 0 Å². The summed E-state index contributed by atoms with van der Waals surface area (Å²) in [4.78, 5) is 131. The highest BCUT2D eigenvalue weighted by Crippen LogP contribution is 2.60. The number of ketones is 1. The fourth-order valence-corrected chi connectivity index (χ4v) is 20.5. The third-order valence-corrected chi connectivity index (χ3v) is 27.6. The highest BCUT2D eigenvalue weighted by Gasteiger charge is 2.59. The Bertz CT molecular complexity index is 6850. The van der Waals surface area contributed by atoms with Gasteiger partial charge in [-0.2, -0.15) is 9.55 Å². The summed E-state index contributed by atoms with van der Waals surface area (Å²) >= 11 is 13.9. The molecule has 740 valence electrons. The van der Waals surface area contributed by atoms with Crippen molar-refractivity contribution in [2.75, 3.05) is 65.0 Å². The number of imidazole rings is 1. The lowest BCUT2D eigenvalue weighted by molar-refractivity contribution is -0.215. The largest absolute Gasteiger partial charge is 0.530 e. The fraction of sp³-hybridized carbons (Fsp3) is 0.327. The number of esters is 1. The van der Waals surface area contributed by atoms with E-state index < -0.39 is 174 Å². The van der Waals surface area contributed by atoms with Gasteiger partial charge in [-0.05, 0) is 166 Å². The molecule has 5 fully saturated rings. The van der Waals surface area contributed by atoms with Gasteiger partial charge >= 0.3 is 33.0 Å². The van der Waals surface area contributed by atoms with Crippen molar-refractivity contribution < 1.29 is 127 Å². The van der Waals surface area contributed by atoms with Crippen molar-refractivity contribution in [3.05, 3.63) is 312 Å². The molecular weight excluding hydrogens is 1930 g/mol. The number of anilines is 2. The Balaban J connectivity index is 0.754. The number of rotatable bonds is 37. The summed E-state index contributed by atoms with van der Waals surface area (Å²) in [6.45, 7) is -1.47. The highest BCUT2D eigenvalue weighted by molar-refractivity contribution is 7.49. The van der Waals surface area contributed by atoms with Gasteiger partial charge in [0, 0.05) is 65.9 Å². The van der Waals surface area contributed by atoms with Crippen LogP contribution in [0.25, 0.3) is 11.2 Å². The molecule has 6 aliphatic rings. The van der Waals surface area contributed by atoms with Crippen LogP contribution in [0.1, 0.15) is 125 Å². The molecule has 12 aromatic rings. The molecule has 6 aliphatic heterocycles. The Labute approximate surface area is 819 Å². The van der Waals surface area contributed by atoms with Gasteiger partial charge in [0.05, 0.1) is 57.3 Å². The molecule has 0 spiro atoms. The van der Waals surface area contributed by atoms with Gasteiger partial charge in [-0.3, -0.25) is 55.8 Å². The molecule has 2 amide bonds. The summed E-state index contributed by atoms with van der Waals surface area (Å²) in [5.41, 5.74) is -3.42. The number of hydrogen-bond donors (Lipinski definition) is 3. The van der Waals surface area contributed by atoms with Crippen LogP contribution >= 0.6 is 38.8 Å². The number of phosphoric ester groups is 2. The second-order valence-corrected chi connectivity index (χ2v) is 37.3. The number of carbonyl (C=O) groups is 5. The van der Waals surface area contributed by atoms with Crippen molar-refractivity contribution in [3.8, 4) is 40.2 Å². The van der Waals surface area contributed by atoms with Gasteiger partial charge in [0.2, 0.25) is 0 Å². The van der Waals surface area contributed by atoms with Crippen LogP contribution in [0.2, 0.25) is 10.0 Å². The number of para-hydroxylation sites is 4. The topological polar surface area (TPSA) is 462 Å². The number of nitrogens with one attached hydrogen (secondary N) is 2. The third-order valence-electron chi connectivity index (χ3n) is 24.2. The molecule has 18 rings (SSSR count). The lowest BCUT2D eigenvalue weighted by atomic mass is 9.77. The molecule has 0 bridgehead atoms. The number of benzene rings is 8. The molecule has 4 aromatic heterocycles. The average molecular weight is 2020 g/mol. The Morgan fingerprint density at radius 1 is 0.521 bits per heavy atom. The first-order valence-corrected chi connectivity index (χ1v) is 48.9. The number of methoxy groups -OCH3 is 3. The molecule has 8 aromatic carbocycles. The molecular formula is C98H94Cl2N10O30P2. The number of carbonyl (C=O) groups excluding carboxylic acids is 5. The van der Waals surface area contributed by atoms with Gasteiger partial charge < -0.3 is 91.2 Å². The van der Waals surface area contributed by atoms with E-state index in [0.29, 0.717) is 75.7 Å². The number of aromatic nitrogens is 8. The lowest BCUT2D eigenvalue weighted by Gasteiger charge is -2.43. The average Bonchev–Trinajstić information content (AvgIpc) is 1.24. The van der Waals surface area contributed by atoms with Crippen LogP contribution in [0.5, 0.6) is 40.2 Å². The zero-order valence-electron chi connectivity index (χ0n) is 76.3. The second kappa shape index (κ2) is 43.8. The molecule has 40 nitrogen and oxygen atoms in total. The number of Topliss-reactive ketones (excluding diaryl/α,β-unsaturated/α-hetero) is 1. The minimum Gasteiger partial charge on any atom is -0.497 e. The summed E-state index contributed by atoms with van der Waals surface area (Å²) in [5.74, 6) is -2.59. The minimum atomic E-state index is -5.78. The van der Waals surface area contributed by atoms with Crippen molar-refractivity contribution >= 4 is 91.1 Å². The Morgan fingerprint density at radius 2 is 1.02 bits per heavy atom. The summed E-state index contributed by atoms with van der Waals surface area (Å²) in [6, 6.07) is 54.9. The molecule has 0 radical (unpaired) electrons. The first-order chi connectivity index (χ1) is 68.8. The van der Waals surface area contributed by atoms with Gasteiger partial charge in [-0.1, -0.05) is 114 Å². The molecule has 0 saturated carbocycles. The van der Waals surface area contributed by atoms with Crippen LogP contribution in [-0.2, 0) is 85.0 Å². The smallest absolute Gasteiger partial charge is 0.497 e. The monoisotopic (exact) mass is 2020 g/mol. The number of aliphatic hydroxyl groups is 1. The number of hydrogen-bond acceptors (Lipinski definition) is 34. The quantitative estimate of drug-likeness (QED) is 0.0240. The van der Waals surface area contributed by atoms with Gasteiger partial charge in [0.1, 0.15) is 120 Å². The third kappa shape index (κ3) is 21.7. The molecule has 16 atom stereocenters. The predicted octanol–water partition coefficient (Wildman–Crippen LogP) is 14.1. The van der Waals surface area contributed by atoms with Crippen molar-refractivity contribution in [2.45, 2.75) is 150 Å². The maximum Gasteiger partial charge on any atom is 0.530 e. The van der Waals surface area contributed by atoms with E-state index in [1.807, 2.05) is 42.5 Å². The van der Waals surface area contributed by atoms with Crippen LogP contribution in [0.3, 0.4) is 0 Å². The number of fused-ring (bicyclic) bond motifs is 3. The van der Waals surface area contributed by atoms with Crippen LogP contribution < -0.4 is 55.6 Å². The molecule has 3 N–H and O–H groups in total. The van der Waals surface area contributed by atoms with E-state index in [4.69, 9.17) is 117 Å². The Morgan fingerprint density at radius 3 is 1.56 bits per heavy atom. The zero-order chi connectivity index (χ0) is 98.9. The molecule has 44 heteroatoms. The van der Waals surface area contributed by atoms with E-state index in [0.717, 1.165) is 21.4 Å². The SMILES string of the molecule is COc1ccc(C(=O)Nc2ccn([C@@H]3O[C@H](COC(=O)CCC(C)=O)[C@@H](OP(=O)(OC[C@H]4O[C@@H](n5ccc(=O)n(C(=O)c6ccc(OC)cc6)c5=O)[C@H](OC5CCCCO5)[C@@H]4OP(=O)(OC[C@H]4O[C@@H](n5cnc6c(NC(=O)c7ccc(OC)cc7)ncnc65)[C@H](OC5(c6ccccc6)c6ccccc6Oc6ccccc65)[C@@H]4O)Oc4ccccc4Cl)Oc4ccccc4Cl)[C@H]3OC3CCCCO3)c(=O)n2)cc1. The van der Waals surface area contributed by atoms with Gasteiger partial charge in [-0.25, -0.2) is 33.7 Å². The summed E-state index contributed by atoms with van der Waals surface area (Å²) in [5, 5.41) is 18.8. The number of halogens is 2. The lowest BCUT2D eigenvalue weighted by Crippen LogP contribution is -2.47. The highest BCUT2D eigenvalue weighted by atomic mass is 35.5. The fourth-order valence-electron chi connectivity index (χ4n) is 17.2. The van der Waals surface area contributed by atoms with Crippen molar-refractivity contribution in [1.82, 2.24) is 38.2 Å². The molecule has 4 unspecified atom stereocenters. The maximum atomic E-state index is 17.3. The normalized spacial score (nSPS) is 23.1. The molecule has 142 heavy (non-hydrogen) atoms. The van der Waals surface area contributed by atoms with Crippen LogP contribution in [-0.4, -0.2) is 195 Å². The zero-order valence-corrected chi connectivity index (χ0v) is 79.6. The summed E-state index contributed by atoms with van der Waals surface area (Å²) in [7, 11) is -7.19. The first kappa shape index (κ1) is 99.1. The minimum absolute atomic E-state index is 0.0335. The van der Waals surface area contributed by atoms with E-state index in [1.54, 1.807) is 72.8 Å². The first-order valence-electron chi connectivity index (χ1n) is 45.2. The van der Waals surface area contributed by atoms with E-state index in [1.165, 1.54) is 143 Å². The van der Waals surface area contributed by atoms with Gasteiger partial charge in [-0.15, -0.1) is 0 Å². The van der Waals surface area contributed by atoms with E-state index in [2.05, 4.69) is 25.6 Å². The van der Waals surface area contributed by atoms with Gasteiger partial charge in [0.25, 0.3) is 23.3 Å². The van der Waals surface area contributed by atoms with E-state index in [9.17, 15) is 38.7 Å². The predicted molar refractivity (Wildman–Crippen MR) is 504 cm³/mol. The Kier molecular flexibility index (Phi) is 30.6. The van der Waals surface area contributed by atoms with Crippen molar-refractivity contribution in [3.63, 3.8) is 0 Å². The number of nitrogens with zero attached hydrogens (tertiary/aromatic N) is 8. The van der Waals surface area contributed by atoms with Crippen LogP contribution in [0.4, 0.5) is 11.6 Å². The second-order valence-electron chi connectivity index (χ2n) is 33.4. The molecule has 10 heterocycles. The number of aliphatic hydroxyl groups excluding tert-OH is 1. The van der Waals surface area contributed by atoms with Crippen molar-refractivity contribution in [1.29, 1.82) is 0 Å². The van der Waals surface area contributed by atoms with Crippen LogP contribution in [0, 0.1) is 0 Å². The molecule has 5 saturated heterocycles. The maximum absolute atomic E-state index is 17.3. The van der Waals surface area contributed by atoms with Crippen LogP contribution in [0.15, 0.2) is 252 Å². The molecule has 0 aliphatic carbocycles. The number of phosphoric acid groups is 2. The van der Waals surface area contributed by atoms with E-state index in [-0.39, 0.29) is 99.3 Å².